The van der Waals surface area contributed by atoms with E-state index in [9.17, 15) is 0 Å². The van der Waals surface area contributed by atoms with Gasteiger partial charge in [0.25, 0.3) is 0 Å². The van der Waals surface area contributed by atoms with Gasteiger partial charge in [-0.15, -0.1) is 0 Å². The molecule has 8 aromatic rings. The van der Waals surface area contributed by atoms with Crippen LogP contribution in [0.2, 0.25) is 0 Å². The molecule has 0 saturated heterocycles. The first kappa shape index (κ1) is 22.7. The number of hydrogen-bond acceptors (Lipinski definition) is 1. The second kappa shape index (κ2) is 9.18. The Morgan fingerprint density at radius 2 is 0.800 bits per heavy atom. The Morgan fingerprint density at radius 3 is 1.48 bits per heavy atom. The van der Waals surface area contributed by atoms with Crippen molar-refractivity contribution < 1.29 is 0 Å². The molecule has 1 aromatic heterocycles. The number of nitrogens with zero attached hydrogens (tertiary/aromatic N) is 1. The molecule has 0 atom stereocenters. The SMILES string of the molecule is c1ccc2cc(-c3ccc(-c4c5ccccc5c(-c5ccc6ccccc6c5)c5ccncc45)cc3)ccc2c1. The van der Waals surface area contributed by atoms with Gasteiger partial charge in [0, 0.05) is 17.8 Å². The van der Waals surface area contributed by atoms with Crippen molar-refractivity contribution in [3.8, 4) is 33.4 Å². The highest BCUT2D eigenvalue weighted by Crippen LogP contribution is 2.44. The predicted molar refractivity (Wildman–Crippen MR) is 171 cm³/mol. The molecule has 0 aliphatic rings. The maximum atomic E-state index is 4.58. The summed E-state index contributed by atoms with van der Waals surface area (Å²) in [6.45, 7) is 0. The van der Waals surface area contributed by atoms with Crippen molar-refractivity contribution in [2.24, 2.45) is 0 Å². The van der Waals surface area contributed by atoms with E-state index in [2.05, 4.69) is 145 Å². The van der Waals surface area contributed by atoms with Gasteiger partial charge < -0.3 is 0 Å². The number of fused-ring (bicyclic) bond motifs is 4. The van der Waals surface area contributed by atoms with Gasteiger partial charge in [-0.2, -0.15) is 0 Å². The Balaban J connectivity index is 1.33. The Kier molecular flexibility index (Phi) is 5.21. The molecule has 0 bridgehead atoms. The third-order valence-electron chi connectivity index (χ3n) is 8.12. The van der Waals surface area contributed by atoms with Crippen LogP contribution in [0.25, 0.3) is 76.5 Å². The van der Waals surface area contributed by atoms with E-state index >= 15 is 0 Å². The molecule has 7 aromatic carbocycles. The van der Waals surface area contributed by atoms with E-state index in [1.54, 1.807) is 0 Å². The Bertz CT molecular complexity index is 2150. The highest BCUT2D eigenvalue weighted by molar-refractivity contribution is 6.21. The molecule has 0 aliphatic carbocycles. The summed E-state index contributed by atoms with van der Waals surface area (Å²) in [5, 5.41) is 9.91. The van der Waals surface area contributed by atoms with Crippen LogP contribution in [0.3, 0.4) is 0 Å². The zero-order valence-electron chi connectivity index (χ0n) is 21.9. The number of pyridine rings is 1. The van der Waals surface area contributed by atoms with Crippen molar-refractivity contribution in [3.05, 3.63) is 152 Å². The van der Waals surface area contributed by atoms with Crippen LogP contribution in [0.4, 0.5) is 0 Å². The van der Waals surface area contributed by atoms with Crippen LogP contribution < -0.4 is 0 Å². The Hall–Kier alpha value is -5.27. The number of aromatic nitrogens is 1. The van der Waals surface area contributed by atoms with Crippen LogP contribution in [0.1, 0.15) is 0 Å². The maximum Gasteiger partial charge on any atom is 0.0353 e. The van der Waals surface area contributed by atoms with Crippen molar-refractivity contribution in [1.29, 1.82) is 0 Å². The highest BCUT2D eigenvalue weighted by atomic mass is 14.6. The van der Waals surface area contributed by atoms with Gasteiger partial charge in [0.15, 0.2) is 0 Å². The molecule has 40 heavy (non-hydrogen) atoms. The number of rotatable bonds is 3. The summed E-state index contributed by atoms with van der Waals surface area (Å²) in [5.74, 6) is 0. The molecule has 1 heterocycles. The van der Waals surface area contributed by atoms with Gasteiger partial charge in [0.05, 0.1) is 0 Å². The van der Waals surface area contributed by atoms with Gasteiger partial charge in [-0.3, -0.25) is 4.98 Å². The largest absolute Gasteiger partial charge is 0.264 e. The van der Waals surface area contributed by atoms with Gasteiger partial charge in [-0.1, -0.05) is 121 Å². The zero-order chi connectivity index (χ0) is 26.5. The Labute approximate surface area is 233 Å². The van der Waals surface area contributed by atoms with Gasteiger partial charge in [0.2, 0.25) is 0 Å². The minimum atomic E-state index is 1.17. The van der Waals surface area contributed by atoms with Gasteiger partial charge in [-0.05, 0) is 89.3 Å². The molecule has 0 radical (unpaired) electrons. The topological polar surface area (TPSA) is 12.9 Å². The highest BCUT2D eigenvalue weighted by Gasteiger charge is 2.17. The summed E-state index contributed by atoms with van der Waals surface area (Å²) in [7, 11) is 0. The van der Waals surface area contributed by atoms with E-state index in [4.69, 9.17) is 0 Å². The molecule has 1 heteroatoms. The van der Waals surface area contributed by atoms with E-state index in [0.717, 1.165) is 0 Å². The van der Waals surface area contributed by atoms with E-state index in [0.29, 0.717) is 0 Å². The minimum Gasteiger partial charge on any atom is -0.264 e. The van der Waals surface area contributed by atoms with E-state index in [-0.39, 0.29) is 0 Å². The summed E-state index contributed by atoms with van der Waals surface area (Å²) in [6.07, 6.45) is 3.94. The van der Waals surface area contributed by atoms with Crippen molar-refractivity contribution in [3.63, 3.8) is 0 Å². The summed E-state index contributed by atoms with van der Waals surface area (Å²) < 4.78 is 0. The van der Waals surface area contributed by atoms with Crippen molar-refractivity contribution in [1.82, 2.24) is 4.98 Å². The first-order chi connectivity index (χ1) is 19.8. The van der Waals surface area contributed by atoms with Gasteiger partial charge in [0.1, 0.15) is 0 Å². The van der Waals surface area contributed by atoms with Crippen LogP contribution in [-0.2, 0) is 0 Å². The van der Waals surface area contributed by atoms with Crippen molar-refractivity contribution >= 4 is 43.1 Å². The summed E-state index contributed by atoms with van der Waals surface area (Å²) in [5.41, 5.74) is 7.36. The summed E-state index contributed by atoms with van der Waals surface area (Å²) >= 11 is 0. The fourth-order valence-corrected chi connectivity index (χ4v) is 6.19. The molecular weight excluding hydrogens is 482 g/mol. The van der Waals surface area contributed by atoms with Crippen molar-refractivity contribution in [2.75, 3.05) is 0 Å². The van der Waals surface area contributed by atoms with E-state index < -0.39 is 0 Å². The minimum absolute atomic E-state index is 1.17. The summed E-state index contributed by atoms with van der Waals surface area (Å²) in [6, 6.07) is 50.5. The monoisotopic (exact) mass is 507 g/mol. The molecule has 0 amide bonds. The number of benzene rings is 7. The van der Waals surface area contributed by atoms with Crippen LogP contribution in [0, 0.1) is 0 Å². The number of hydrogen-bond donors (Lipinski definition) is 0. The lowest BCUT2D eigenvalue weighted by atomic mass is 9.86. The molecule has 0 spiro atoms. The normalized spacial score (nSPS) is 11.5. The lowest BCUT2D eigenvalue weighted by Crippen LogP contribution is -1.91. The fraction of sp³-hybridized carbons (Fsp3) is 0. The van der Waals surface area contributed by atoms with Gasteiger partial charge >= 0.3 is 0 Å². The van der Waals surface area contributed by atoms with Gasteiger partial charge in [-0.25, -0.2) is 0 Å². The van der Waals surface area contributed by atoms with Crippen LogP contribution in [0.15, 0.2) is 152 Å². The lowest BCUT2D eigenvalue weighted by molar-refractivity contribution is 1.37. The Morgan fingerprint density at radius 1 is 0.325 bits per heavy atom. The van der Waals surface area contributed by atoms with Crippen LogP contribution in [0.5, 0.6) is 0 Å². The average molecular weight is 508 g/mol. The molecule has 0 unspecified atom stereocenters. The first-order valence-corrected chi connectivity index (χ1v) is 13.7. The molecule has 0 aliphatic heterocycles. The molecule has 0 N–H and O–H groups in total. The fourth-order valence-electron chi connectivity index (χ4n) is 6.19. The predicted octanol–water partition coefficient (Wildman–Crippen LogP) is 10.7. The smallest absolute Gasteiger partial charge is 0.0353 e. The third-order valence-corrected chi connectivity index (χ3v) is 8.12. The average Bonchev–Trinajstić information content (AvgIpc) is 3.03. The molecular formula is C39H25N. The molecule has 0 fully saturated rings. The molecule has 186 valence electrons. The molecule has 8 rings (SSSR count). The zero-order valence-corrected chi connectivity index (χ0v) is 21.9. The van der Waals surface area contributed by atoms with E-state index in [1.165, 1.54) is 76.5 Å². The van der Waals surface area contributed by atoms with Crippen LogP contribution in [-0.4, -0.2) is 4.98 Å². The molecule has 0 saturated carbocycles. The second-order valence-electron chi connectivity index (χ2n) is 10.4. The van der Waals surface area contributed by atoms with Crippen molar-refractivity contribution in [2.45, 2.75) is 0 Å². The standard InChI is InChI=1S/C39H25N/c1-3-9-30-23-32(19-15-26(30)7-1)28-13-17-29(18-14-28)38-34-11-5-6-12-35(34)39(36-21-22-40-25-37(36)38)33-20-16-27-8-2-4-10-31(27)24-33/h1-25H. The quantitative estimate of drug-likeness (QED) is 0.217. The lowest BCUT2D eigenvalue weighted by Gasteiger charge is -2.18. The first-order valence-electron chi connectivity index (χ1n) is 13.7. The molecule has 1 nitrogen and oxygen atoms in total. The van der Waals surface area contributed by atoms with E-state index in [1.807, 2.05) is 12.4 Å². The second-order valence-corrected chi connectivity index (χ2v) is 10.4. The van der Waals surface area contributed by atoms with Crippen LogP contribution >= 0.6 is 0 Å². The maximum absolute atomic E-state index is 4.58. The third kappa shape index (κ3) is 3.67. The summed E-state index contributed by atoms with van der Waals surface area (Å²) in [4.78, 5) is 4.58.